The summed E-state index contributed by atoms with van der Waals surface area (Å²) in [5.41, 5.74) is 0.749. The number of carbonyl (C=O) groups is 1. The molecule has 0 aliphatic carbocycles. The molecule has 1 aliphatic rings. The Morgan fingerprint density at radius 2 is 2.21 bits per heavy atom. The molecule has 0 bridgehead atoms. The van der Waals surface area contributed by atoms with Gasteiger partial charge in [-0.15, -0.1) is 0 Å². The lowest BCUT2D eigenvalue weighted by atomic mass is 9.96. The number of nitrogens with zero attached hydrogens (tertiary/aromatic N) is 1. The van der Waals surface area contributed by atoms with Crippen LogP contribution in [0.5, 0.6) is 0 Å². The van der Waals surface area contributed by atoms with Crippen LogP contribution in [-0.4, -0.2) is 30.6 Å². The summed E-state index contributed by atoms with van der Waals surface area (Å²) < 4.78 is 5.29. The number of anilines is 2. The zero-order valence-corrected chi connectivity index (χ0v) is 11.3. The highest BCUT2D eigenvalue weighted by molar-refractivity contribution is 5.90. The minimum atomic E-state index is 0.0601. The van der Waals surface area contributed by atoms with E-state index < -0.39 is 0 Å². The normalized spacial score (nSPS) is 16.1. The van der Waals surface area contributed by atoms with Crippen LogP contribution in [0.4, 0.5) is 11.5 Å². The summed E-state index contributed by atoms with van der Waals surface area (Å²) in [4.78, 5) is 16.1. The van der Waals surface area contributed by atoms with Gasteiger partial charge < -0.3 is 15.4 Å². The zero-order valence-electron chi connectivity index (χ0n) is 11.3. The molecule has 104 valence electrons. The molecule has 1 amide bonds. The van der Waals surface area contributed by atoms with E-state index in [1.54, 1.807) is 6.20 Å². The summed E-state index contributed by atoms with van der Waals surface area (Å²) >= 11 is 0. The van der Waals surface area contributed by atoms with E-state index in [4.69, 9.17) is 4.74 Å². The van der Waals surface area contributed by atoms with Crippen molar-refractivity contribution in [1.82, 2.24) is 4.98 Å². The summed E-state index contributed by atoms with van der Waals surface area (Å²) in [5.74, 6) is 1.33. The molecule has 19 heavy (non-hydrogen) atoms. The molecule has 2 heterocycles. The number of hydrogen-bond acceptors (Lipinski definition) is 4. The van der Waals surface area contributed by atoms with Crippen LogP contribution in [0.2, 0.25) is 0 Å². The predicted molar refractivity (Wildman–Crippen MR) is 75.2 cm³/mol. The molecule has 0 radical (unpaired) electrons. The lowest BCUT2D eigenvalue weighted by Gasteiger charge is -2.21. The maximum absolute atomic E-state index is 11.9. The van der Waals surface area contributed by atoms with E-state index in [0.717, 1.165) is 44.1 Å². The molecule has 1 aliphatic heterocycles. The number of aromatic nitrogens is 1. The first-order chi connectivity index (χ1) is 9.28. The van der Waals surface area contributed by atoms with Gasteiger partial charge in [0.05, 0.1) is 11.9 Å². The van der Waals surface area contributed by atoms with Gasteiger partial charge in [-0.3, -0.25) is 4.79 Å². The number of rotatable bonds is 5. The second kappa shape index (κ2) is 7.09. The van der Waals surface area contributed by atoms with Crippen molar-refractivity contribution in [2.45, 2.75) is 26.2 Å². The summed E-state index contributed by atoms with van der Waals surface area (Å²) in [5, 5.41) is 6.00. The Balaban J connectivity index is 1.80. The van der Waals surface area contributed by atoms with Crippen LogP contribution in [0.1, 0.15) is 26.2 Å². The number of pyridine rings is 1. The van der Waals surface area contributed by atoms with E-state index in [0.29, 0.717) is 12.3 Å². The van der Waals surface area contributed by atoms with E-state index in [1.165, 1.54) is 0 Å². The molecule has 0 atom stereocenters. The quantitative estimate of drug-likeness (QED) is 0.855. The average molecular weight is 263 g/mol. The Morgan fingerprint density at radius 3 is 2.84 bits per heavy atom. The van der Waals surface area contributed by atoms with Crippen LogP contribution in [-0.2, 0) is 9.53 Å². The van der Waals surface area contributed by atoms with Gasteiger partial charge in [-0.1, -0.05) is 0 Å². The summed E-state index contributed by atoms with van der Waals surface area (Å²) in [7, 11) is 0. The first-order valence-electron chi connectivity index (χ1n) is 6.85. The number of ether oxygens (including phenoxy) is 1. The smallest absolute Gasteiger partial charge is 0.224 e. The van der Waals surface area contributed by atoms with E-state index >= 15 is 0 Å². The fourth-order valence-corrected chi connectivity index (χ4v) is 2.18. The lowest BCUT2D eigenvalue weighted by molar-refractivity contribution is -0.117. The Bertz CT molecular complexity index is 400. The molecule has 0 spiro atoms. The fourth-order valence-electron chi connectivity index (χ4n) is 2.18. The van der Waals surface area contributed by atoms with Gasteiger partial charge in [-0.05, 0) is 37.8 Å². The van der Waals surface area contributed by atoms with Crippen LogP contribution in [0.3, 0.4) is 0 Å². The highest BCUT2D eigenvalue weighted by Crippen LogP contribution is 2.19. The molecule has 5 nitrogen and oxygen atoms in total. The predicted octanol–water partition coefficient (Wildman–Crippen LogP) is 2.27. The van der Waals surface area contributed by atoms with Gasteiger partial charge in [-0.2, -0.15) is 0 Å². The topological polar surface area (TPSA) is 63.2 Å². The van der Waals surface area contributed by atoms with Crippen LogP contribution in [0, 0.1) is 5.92 Å². The van der Waals surface area contributed by atoms with Gasteiger partial charge in [0.25, 0.3) is 0 Å². The lowest BCUT2D eigenvalue weighted by Crippen LogP contribution is -2.22. The first-order valence-corrected chi connectivity index (χ1v) is 6.85. The molecular formula is C14H21N3O2. The fraction of sp³-hybridized carbons (Fsp3) is 0.571. The molecule has 0 aromatic carbocycles. The SMILES string of the molecule is CCNc1ccc(NC(=O)CC2CCOCC2)cn1. The summed E-state index contributed by atoms with van der Waals surface area (Å²) in [6.45, 7) is 4.40. The highest BCUT2D eigenvalue weighted by Gasteiger charge is 2.17. The average Bonchev–Trinajstić information content (AvgIpc) is 2.42. The monoisotopic (exact) mass is 263 g/mol. The standard InChI is InChI=1S/C14H21N3O2/c1-2-15-13-4-3-12(10-16-13)17-14(18)9-11-5-7-19-8-6-11/h3-4,10-11H,2,5-9H2,1H3,(H,15,16)(H,17,18). The molecule has 2 rings (SSSR count). The highest BCUT2D eigenvalue weighted by atomic mass is 16.5. The molecule has 1 fully saturated rings. The molecule has 5 heteroatoms. The third kappa shape index (κ3) is 4.52. The first kappa shape index (κ1) is 13.8. The van der Waals surface area contributed by atoms with Crippen molar-refractivity contribution in [1.29, 1.82) is 0 Å². The second-order valence-corrected chi connectivity index (χ2v) is 4.77. The third-order valence-electron chi connectivity index (χ3n) is 3.22. The zero-order chi connectivity index (χ0) is 13.5. The molecule has 1 aromatic rings. The maximum atomic E-state index is 11.9. The molecular weight excluding hydrogens is 242 g/mol. The Kier molecular flexibility index (Phi) is 5.15. The van der Waals surface area contributed by atoms with Crippen molar-refractivity contribution in [2.24, 2.45) is 5.92 Å². The Hall–Kier alpha value is -1.62. The van der Waals surface area contributed by atoms with Crippen LogP contribution in [0.15, 0.2) is 18.3 Å². The molecule has 0 unspecified atom stereocenters. The van der Waals surface area contributed by atoms with Crippen molar-refractivity contribution in [3.8, 4) is 0 Å². The molecule has 2 N–H and O–H groups in total. The molecule has 1 aromatic heterocycles. The van der Waals surface area contributed by atoms with Gasteiger partial charge in [0.1, 0.15) is 5.82 Å². The Labute approximate surface area is 113 Å². The van der Waals surface area contributed by atoms with Crippen molar-refractivity contribution in [2.75, 3.05) is 30.4 Å². The number of hydrogen-bond donors (Lipinski definition) is 2. The van der Waals surface area contributed by atoms with E-state index in [2.05, 4.69) is 15.6 Å². The summed E-state index contributed by atoms with van der Waals surface area (Å²) in [6, 6.07) is 3.74. The minimum absolute atomic E-state index is 0.0601. The van der Waals surface area contributed by atoms with Crippen LogP contribution < -0.4 is 10.6 Å². The third-order valence-corrected chi connectivity index (χ3v) is 3.22. The van der Waals surface area contributed by atoms with Crippen molar-refractivity contribution >= 4 is 17.4 Å². The number of amides is 1. The minimum Gasteiger partial charge on any atom is -0.381 e. The van der Waals surface area contributed by atoms with Crippen LogP contribution >= 0.6 is 0 Å². The van der Waals surface area contributed by atoms with Gasteiger partial charge in [0, 0.05) is 26.2 Å². The number of nitrogens with one attached hydrogen (secondary N) is 2. The molecule has 0 saturated carbocycles. The largest absolute Gasteiger partial charge is 0.381 e. The van der Waals surface area contributed by atoms with Gasteiger partial charge in [0.15, 0.2) is 0 Å². The number of carbonyl (C=O) groups excluding carboxylic acids is 1. The second-order valence-electron chi connectivity index (χ2n) is 4.77. The van der Waals surface area contributed by atoms with Crippen molar-refractivity contribution in [3.05, 3.63) is 18.3 Å². The van der Waals surface area contributed by atoms with Crippen molar-refractivity contribution < 1.29 is 9.53 Å². The van der Waals surface area contributed by atoms with Gasteiger partial charge in [-0.25, -0.2) is 4.98 Å². The molecule has 1 saturated heterocycles. The van der Waals surface area contributed by atoms with Gasteiger partial charge in [0.2, 0.25) is 5.91 Å². The van der Waals surface area contributed by atoms with Crippen molar-refractivity contribution in [3.63, 3.8) is 0 Å². The van der Waals surface area contributed by atoms with E-state index in [1.807, 2.05) is 19.1 Å². The summed E-state index contributed by atoms with van der Waals surface area (Å²) in [6.07, 6.45) is 4.20. The van der Waals surface area contributed by atoms with E-state index in [-0.39, 0.29) is 5.91 Å². The van der Waals surface area contributed by atoms with Gasteiger partial charge >= 0.3 is 0 Å². The Morgan fingerprint density at radius 1 is 1.42 bits per heavy atom. The van der Waals surface area contributed by atoms with E-state index in [9.17, 15) is 4.79 Å². The maximum Gasteiger partial charge on any atom is 0.224 e. The van der Waals surface area contributed by atoms with Crippen LogP contribution in [0.25, 0.3) is 0 Å².